The molecular weight excluding hydrogens is 440 g/mol. The molecule has 0 saturated carbocycles. The summed E-state index contributed by atoms with van der Waals surface area (Å²) in [5, 5.41) is 11.8. The molecule has 2 aromatic rings. The Kier molecular flexibility index (Phi) is 8.16. The van der Waals surface area contributed by atoms with Crippen molar-refractivity contribution in [3.63, 3.8) is 0 Å². The molecule has 0 spiro atoms. The summed E-state index contributed by atoms with van der Waals surface area (Å²) in [5.41, 5.74) is 2.13. The fourth-order valence-electron chi connectivity index (χ4n) is 3.99. The summed E-state index contributed by atoms with van der Waals surface area (Å²) in [6.07, 6.45) is 1.59. The van der Waals surface area contributed by atoms with Crippen molar-refractivity contribution in [3.8, 4) is 5.75 Å². The van der Waals surface area contributed by atoms with Gasteiger partial charge in [0, 0.05) is 17.1 Å². The maximum atomic E-state index is 13.1. The first-order chi connectivity index (χ1) is 15.7. The molecule has 2 aromatic carbocycles. The van der Waals surface area contributed by atoms with E-state index in [0.717, 1.165) is 29.8 Å². The molecule has 1 heterocycles. The zero-order valence-electron chi connectivity index (χ0n) is 19.6. The van der Waals surface area contributed by atoms with Gasteiger partial charge in [-0.2, -0.15) is 0 Å². The molecular formula is C26H31ClN2O4. The number of rotatable bonds is 9. The Morgan fingerprint density at radius 3 is 2.45 bits per heavy atom. The van der Waals surface area contributed by atoms with E-state index in [1.54, 1.807) is 47.4 Å². The van der Waals surface area contributed by atoms with E-state index in [1.165, 1.54) is 0 Å². The molecule has 33 heavy (non-hydrogen) atoms. The Bertz CT molecular complexity index is 1050. The molecule has 1 aliphatic rings. The number of Topliss-reactive ketones (excluding diaryl/α,β-unsaturated/α-hetero) is 1. The standard InChI is InChI=1S/C26H31ClN2O4/c1-5-15-33-21-12-9-19(16-17(21)2)24(30)22-23(18-7-10-20(27)11-8-18)29(26(32)25(22)31)14-6-13-28(3)4/h7-12,16,23,30H,5-6,13-15H2,1-4H3/t23-/m0/s1. The molecule has 1 N–H and O–H groups in total. The van der Waals surface area contributed by atoms with Gasteiger partial charge in [0.1, 0.15) is 11.5 Å². The average Bonchev–Trinajstić information content (AvgIpc) is 3.03. The SMILES string of the molecule is CCCOc1ccc(C(O)=C2C(=O)C(=O)N(CCCN(C)C)[C@H]2c2ccc(Cl)cc2)cc1C. The predicted octanol–water partition coefficient (Wildman–Crippen LogP) is 4.81. The highest BCUT2D eigenvalue weighted by atomic mass is 35.5. The highest BCUT2D eigenvalue weighted by Gasteiger charge is 2.45. The molecule has 0 bridgehead atoms. The average molecular weight is 471 g/mol. The van der Waals surface area contributed by atoms with Crippen LogP contribution in [0.3, 0.4) is 0 Å². The van der Waals surface area contributed by atoms with Crippen molar-refractivity contribution in [3.05, 3.63) is 69.8 Å². The van der Waals surface area contributed by atoms with E-state index in [-0.39, 0.29) is 11.3 Å². The molecule has 1 saturated heterocycles. The van der Waals surface area contributed by atoms with Gasteiger partial charge in [-0.15, -0.1) is 0 Å². The lowest BCUT2D eigenvalue weighted by Gasteiger charge is -2.26. The summed E-state index contributed by atoms with van der Waals surface area (Å²) in [4.78, 5) is 29.7. The number of nitrogens with zero attached hydrogens (tertiary/aromatic N) is 2. The van der Waals surface area contributed by atoms with Gasteiger partial charge >= 0.3 is 0 Å². The number of hydrogen-bond donors (Lipinski definition) is 1. The van der Waals surface area contributed by atoms with E-state index >= 15 is 0 Å². The molecule has 176 valence electrons. The molecule has 0 unspecified atom stereocenters. The molecule has 0 radical (unpaired) electrons. The summed E-state index contributed by atoms with van der Waals surface area (Å²) in [5.74, 6) is -0.739. The van der Waals surface area contributed by atoms with Gasteiger partial charge in [0.2, 0.25) is 0 Å². The first kappa shape index (κ1) is 24.8. The first-order valence-corrected chi connectivity index (χ1v) is 11.5. The van der Waals surface area contributed by atoms with Crippen LogP contribution in [0.4, 0.5) is 0 Å². The maximum absolute atomic E-state index is 13.1. The number of hydrogen-bond acceptors (Lipinski definition) is 5. The van der Waals surface area contributed by atoms with Crippen LogP contribution in [0.2, 0.25) is 5.02 Å². The Hall–Kier alpha value is -2.83. The number of carbonyl (C=O) groups is 2. The third kappa shape index (κ3) is 5.57. The topological polar surface area (TPSA) is 70.1 Å². The van der Waals surface area contributed by atoms with Gasteiger partial charge in [0.05, 0.1) is 18.2 Å². The van der Waals surface area contributed by atoms with E-state index < -0.39 is 17.7 Å². The Balaban J connectivity index is 2.05. The second kappa shape index (κ2) is 10.9. The van der Waals surface area contributed by atoms with Gasteiger partial charge in [-0.3, -0.25) is 9.59 Å². The van der Waals surface area contributed by atoms with Crippen LogP contribution >= 0.6 is 11.6 Å². The van der Waals surface area contributed by atoms with Crippen LogP contribution in [-0.2, 0) is 9.59 Å². The van der Waals surface area contributed by atoms with Gasteiger partial charge in [-0.25, -0.2) is 0 Å². The van der Waals surface area contributed by atoms with Crippen molar-refractivity contribution < 1.29 is 19.4 Å². The summed E-state index contributed by atoms with van der Waals surface area (Å²) >= 11 is 6.07. The van der Waals surface area contributed by atoms with Gasteiger partial charge < -0.3 is 19.6 Å². The molecule has 1 atom stereocenters. The smallest absolute Gasteiger partial charge is 0.295 e. The minimum Gasteiger partial charge on any atom is -0.507 e. The fourth-order valence-corrected chi connectivity index (χ4v) is 4.11. The predicted molar refractivity (Wildman–Crippen MR) is 131 cm³/mol. The van der Waals surface area contributed by atoms with Crippen molar-refractivity contribution >= 4 is 29.1 Å². The van der Waals surface area contributed by atoms with Crippen molar-refractivity contribution in [2.75, 3.05) is 33.8 Å². The van der Waals surface area contributed by atoms with Gasteiger partial charge in [-0.1, -0.05) is 30.7 Å². The first-order valence-electron chi connectivity index (χ1n) is 11.2. The zero-order chi connectivity index (χ0) is 24.1. The minimum atomic E-state index is -0.680. The largest absolute Gasteiger partial charge is 0.507 e. The highest BCUT2D eigenvalue weighted by molar-refractivity contribution is 6.46. The molecule has 3 rings (SSSR count). The molecule has 1 fully saturated rings. The van der Waals surface area contributed by atoms with Gasteiger partial charge in [-0.05, 0) is 81.9 Å². The normalized spacial score (nSPS) is 17.8. The van der Waals surface area contributed by atoms with E-state index in [9.17, 15) is 14.7 Å². The molecule has 1 amide bonds. The van der Waals surface area contributed by atoms with E-state index in [1.807, 2.05) is 32.8 Å². The molecule has 7 heteroatoms. The van der Waals surface area contributed by atoms with Gasteiger partial charge in [0.25, 0.3) is 11.7 Å². The van der Waals surface area contributed by atoms with Crippen molar-refractivity contribution in [2.24, 2.45) is 0 Å². The van der Waals surface area contributed by atoms with Crippen molar-refractivity contribution in [1.29, 1.82) is 0 Å². The number of ether oxygens (including phenoxy) is 1. The molecule has 0 aromatic heterocycles. The maximum Gasteiger partial charge on any atom is 0.295 e. The Labute approximate surface area is 200 Å². The van der Waals surface area contributed by atoms with E-state index in [4.69, 9.17) is 16.3 Å². The third-order valence-corrected chi connectivity index (χ3v) is 5.89. The Morgan fingerprint density at radius 1 is 1.15 bits per heavy atom. The van der Waals surface area contributed by atoms with Crippen molar-refractivity contribution in [1.82, 2.24) is 9.80 Å². The lowest BCUT2D eigenvalue weighted by Crippen LogP contribution is -2.32. The number of amides is 1. The Morgan fingerprint density at radius 2 is 1.85 bits per heavy atom. The van der Waals surface area contributed by atoms with E-state index in [0.29, 0.717) is 30.2 Å². The molecule has 0 aliphatic carbocycles. The number of aliphatic hydroxyl groups is 1. The number of halogens is 1. The fraction of sp³-hybridized carbons (Fsp3) is 0.385. The van der Waals surface area contributed by atoms with Crippen LogP contribution < -0.4 is 4.74 Å². The van der Waals surface area contributed by atoms with Crippen LogP contribution in [0.1, 0.15) is 42.5 Å². The lowest BCUT2D eigenvalue weighted by molar-refractivity contribution is -0.139. The van der Waals surface area contributed by atoms with Crippen molar-refractivity contribution in [2.45, 2.75) is 32.7 Å². The van der Waals surface area contributed by atoms with Crippen LogP contribution in [0.25, 0.3) is 5.76 Å². The summed E-state index contributed by atoms with van der Waals surface area (Å²) in [6.45, 7) is 5.69. The highest BCUT2D eigenvalue weighted by Crippen LogP contribution is 2.40. The third-order valence-electron chi connectivity index (χ3n) is 5.64. The number of carbonyl (C=O) groups excluding carboxylic acids is 2. The van der Waals surface area contributed by atoms with Crippen LogP contribution in [0.5, 0.6) is 5.75 Å². The van der Waals surface area contributed by atoms with Gasteiger partial charge in [0.15, 0.2) is 0 Å². The van der Waals surface area contributed by atoms with Crippen LogP contribution in [-0.4, -0.2) is 60.4 Å². The summed E-state index contributed by atoms with van der Waals surface area (Å²) in [6, 6.07) is 11.6. The summed E-state index contributed by atoms with van der Waals surface area (Å²) in [7, 11) is 3.92. The number of aliphatic hydroxyl groups excluding tert-OH is 1. The minimum absolute atomic E-state index is 0.0915. The number of aryl methyl sites for hydroxylation is 1. The number of likely N-dealkylation sites (tertiary alicyclic amines) is 1. The number of ketones is 1. The number of benzene rings is 2. The van der Waals surface area contributed by atoms with Crippen LogP contribution in [0, 0.1) is 6.92 Å². The van der Waals surface area contributed by atoms with E-state index in [2.05, 4.69) is 0 Å². The lowest BCUT2D eigenvalue weighted by atomic mass is 9.94. The van der Waals surface area contributed by atoms with Crippen LogP contribution in [0.15, 0.2) is 48.0 Å². The second-order valence-electron chi connectivity index (χ2n) is 8.53. The summed E-state index contributed by atoms with van der Waals surface area (Å²) < 4.78 is 5.72. The molecule has 6 nitrogen and oxygen atoms in total. The monoisotopic (exact) mass is 470 g/mol. The molecule has 1 aliphatic heterocycles. The second-order valence-corrected chi connectivity index (χ2v) is 8.97. The quantitative estimate of drug-likeness (QED) is 0.323. The zero-order valence-corrected chi connectivity index (χ0v) is 20.4.